The lowest BCUT2D eigenvalue weighted by Crippen LogP contribution is -2.28. The molecular formula is C33H39N7O. The lowest BCUT2D eigenvalue weighted by molar-refractivity contribution is 0.102. The Kier molecular flexibility index (Phi) is 9.57. The Balaban J connectivity index is 1.19. The van der Waals surface area contributed by atoms with Gasteiger partial charge in [-0.2, -0.15) is 0 Å². The molecule has 0 spiro atoms. The van der Waals surface area contributed by atoms with Crippen LogP contribution in [-0.2, 0) is 19.5 Å². The van der Waals surface area contributed by atoms with Gasteiger partial charge >= 0.3 is 0 Å². The Hall–Kier alpha value is -4.27. The lowest BCUT2D eigenvalue weighted by atomic mass is 10.1. The summed E-state index contributed by atoms with van der Waals surface area (Å²) in [6.45, 7) is 8.20. The maximum absolute atomic E-state index is 12.9. The first-order valence-corrected chi connectivity index (χ1v) is 14.5. The number of carbonyl (C=O) groups excluding carboxylic acids is 1. The van der Waals surface area contributed by atoms with Crippen LogP contribution in [0.2, 0.25) is 0 Å². The van der Waals surface area contributed by atoms with E-state index in [-0.39, 0.29) is 12.1 Å². The molecule has 5 aromatic rings. The number of benzene rings is 3. The first-order valence-electron chi connectivity index (χ1n) is 14.5. The third kappa shape index (κ3) is 7.48. The molecule has 0 bridgehead atoms. The summed E-state index contributed by atoms with van der Waals surface area (Å²) >= 11 is 0. The van der Waals surface area contributed by atoms with Gasteiger partial charge in [-0.05, 0) is 73.5 Å². The zero-order valence-electron chi connectivity index (χ0n) is 23.9. The Morgan fingerprint density at radius 3 is 2.37 bits per heavy atom. The molecule has 0 aliphatic carbocycles. The minimum Gasteiger partial charge on any atom is -0.348 e. The van der Waals surface area contributed by atoms with E-state index in [1.54, 1.807) is 6.20 Å². The predicted octanol–water partition coefficient (Wildman–Crippen LogP) is 6.16. The van der Waals surface area contributed by atoms with Gasteiger partial charge in [0.1, 0.15) is 5.82 Å². The summed E-state index contributed by atoms with van der Waals surface area (Å²) in [5, 5.41) is 6.68. The van der Waals surface area contributed by atoms with Crippen molar-refractivity contribution < 1.29 is 4.79 Å². The van der Waals surface area contributed by atoms with Gasteiger partial charge in [0, 0.05) is 43.2 Å². The molecule has 3 aromatic carbocycles. The average molecular weight is 550 g/mol. The Bertz CT molecular complexity index is 1500. The normalized spacial score (nSPS) is 12.2. The second-order valence-electron chi connectivity index (χ2n) is 10.4. The molecule has 3 N–H and O–H groups in total. The molecular weight excluding hydrogens is 510 g/mol. The van der Waals surface area contributed by atoms with Gasteiger partial charge in [-0.1, -0.05) is 50.2 Å². The molecule has 1 unspecified atom stereocenters. The van der Waals surface area contributed by atoms with E-state index in [0.29, 0.717) is 18.5 Å². The van der Waals surface area contributed by atoms with Crippen LogP contribution in [0.4, 0.5) is 5.69 Å². The number of fused-ring (bicyclic) bond motifs is 1. The van der Waals surface area contributed by atoms with Crippen LogP contribution in [0.1, 0.15) is 60.2 Å². The summed E-state index contributed by atoms with van der Waals surface area (Å²) in [7, 11) is 0. The van der Waals surface area contributed by atoms with Crippen molar-refractivity contribution in [3.8, 4) is 0 Å². The maximum Gasteiger partial charge on any atom is 0.255 e. The number of carbonyl (C=O) groups is 1. The molecule has 8 nitrogen and oxygen atoms in total. The molecule has 1 atom stereocenters. The van der Waals surface area contributed by atoms with E-state index in [9.17, 15) is 4.79 Å². The van der Waals surface area contributed by atoms with E-state index in [1.807, 2.05) is 67.1 Å². The van der Waals surface area contributed by atoms with E-state index in [4.69, 9.17) is 0 Å². The molecule has 41 heavy (non-hydrogen) atoms. The number of anilines is 1. The van der Waals surface area contributed by atoms with Gasteiger partial charge in [0.15, 0.2) is 0 Å². The quantitative estimate of drug-likeness (QED) is 0.154. The summed E-state index contributed by atoms with van der Waals surface area (Å²) in [5.41, 5.74) is 5.80. The molecule has 8 heteroatoms. The highest BCUT2D eigenvalue weighted by molar-refractivity contribution is 6.04. The molecule has 0 radical (unpaired) electrons. The van der Waals surface area contributed by atoms with E-state index >= 15 is 0 Å². The number of aromatic amines is 1. The topological polar surface area (TPSA) is 90.9 Å². The van der Waals surface area contributed by atoms with E-state index < -0.39 is 0 Å². The average Bonchev–Trinajstić information content (AvgIpc) is 3.67. The highest BCUT2D eigenvalue weighted by atomic mass is 16.1. The van der Waals surface area contributed by atoms with Crippen molar-refractivity contribution in [3.05, 3.63) is 114 Å². The van der Waals surface area contributed by atoms with E-state index in [0.717, 1.165) is 60.6 Å². The number of nitrogens with one attached hydrogen (secondary N) is 3. The van der Waals surface area contributed by atoms with Crippen LogP contribution in [0.25, 0.3) is 11.0 Å². The highest BCUT2D eigenvalue weighted by Crippen LogP contribution is 2.20. The third-order valence-corrected chi connectivity index (χ3v) is 7.21. The smallest absolute Gasteiger partial charge is 0.255 e. The number of hydrogen-bond acceptors (Lipinski definition) is 5. The molecule has 1 amide bonds. The fraction of sp³-hybridized carbons (Fsp3) is 0.303. The largest absolute Gasteiger partial charge is 0.348 e. The van der Waals surface area contributed by atoms with Gasteiger partial charge in [0.05, 0.1) is 23.5 Å². The van der Waals surface area contributed by atoms with Crippen molar-refractivity contribution in [3.63, 3.8) is 0 Å². The van der Waals surface area contributed by atoms with Crippen LogP contribution in [0.5, 0.6) is 0 Å². The molecule has 0 aliphatic heterocycles. The van der Waals surface area contributed by atoms with E-state index in [1.165, 1.54) is 5.56 Å². The number of para-hydroxylation sites is 2. The molecule has 0 aliphatic rings. The van der Waals surface area contributed by atoms with Crippen molar-refractivity contribution in [2.75, 3.05) is 18.4 Å². The second-order valence-corrected chi connectivity index (χ2v) is 10.4. The maximum atomic E-state index is 12.9. The van der Waals surface area contributed by atoms with E-state index in [2.05, 4.69) is 67.1 Å². The Labute approximate surface area is 241 Å². The lowest BCUT2D eigenvalue weighted by Gasteiger charge is -2.21. The molecule has 0 saturated carbocycles. The van der Waals surface area contributed by atoms with Crippen molar-refractivity contribution in [2.45, 2.75) is 52.4 Å². The van der Waals surface area contributed by atoms with Gasteiger partial charge in [-0.25, -0.2) is 9.97 Å². The number of imidazole rings is 2. The van der Waals surface area contributed by atoms with Crippen molar-refractivity contribution in [1.29, 1.82) is 0 Å². The SMILES string of the molecule is CCCN(CCC)Cc1ccc(NC(=O)c2ccc(CNC(Cc3ncc[nH]3)n3cnc4ccccc43)cc2)cc1. The third-order valence-electron chi connectivity index (χ3n) is 7.21. The zero-order chi connectivity index (χ0) is 28.4. The first-order chi connectivity index (χ1) is 20.1. The van der Waals surface area contributed by atoms with Gasteiger partial charge in [0.25, 0.3) is 5.91 Å². The van der Waals surface area contributed by atoms with Crippen molar-refractivity contribution >= 4 is 22.6 Å². The van der Waals surface area contributed by atoms with Crippen molar-refractivity contribution in [2.24, 2.45) is 0 Å². The minimum absolute atomic E-state index is 0.0458. The molecule has 5 rings (SSSR count). The van der Waals surface area contributed by atoms with Crippen molar-refractivity contribution in [1.82, 2.24) is 29.7 Å². The van der Waals surface area contributed by atoms with Crippen LogP contribution >= 0.6 is 0 Å². The second kappa shape index (κ2) is 13.9. The Morgan fingerprint density at radius 1 is 0.927 bits per heavy atom. The number of hydrogen-bond donors (Lipinski definition) is 3. The molecule has 0 fully saturated rings. The zero-order valence-corrected chi connectivity index (χ0v) is 23.9. The number of nitrogens with zero attached hydrogens (tertiary/aromatic N) is 4. The fourth-order valence-electron chi connectivity index (χ4n) is 5.16. The summed E-state index contributed by atoms with van der Waals surface area (Å²) in [6.07, 6.45) is 8.41. The van der Waals surface area contributed by atoms with Gasteiger partial charge in [-0.15, -0.1) is 0 Å². The summed E-state index contributed by atoms with van der Waals surface area (Å²) in [5.74, 6) is 0.788. The number of rotatable bonds is 14. The van der Waals surface area contributed by atoms with Crippen LogP contribution in [0, 0.1) is 0 Å². The van der Waals surface area contributed by atoms with Crippen LogP contribution in [0.3, 0.4) is 0 Å². The fourth-order valence-corrected chi connectivity index (χ4v) is 5.16. The molecule has 212 valence electrons. The van der Waals surface area contributed by atoms with Gasteiger partial charge in [0.2, 0.25) is 0 Å². The minimum atomic E-state index is -0.114. The summed E-state index contributed by atoms with van der Waals surface area (Å²) < 4.78 is 2.15. The van der Waals surface area contributed by atoms with Gasteiger partial charge in [-0.3, -0.25) is 15.0 Å². The van der Waals surface area contributed by atoms with Gasteiger partial charge < -0.3 is 14.9 Å². The molecule has 0 saturated heterocycles. The molecule has 2 aromatic heterocycles. The Morgan fingerprint density at radius 2 is 1.66 bits per heavy atom. The molecule has 2 heterocycles. The summed E-state index contributed by atoms with van der Waals surface area (Å²) in [4.78, 5) is 27.6. The monoisotopic (exact) mass is 549 g/mol. The van der Waals surface area contributed by atoms with Crippen LogP contribution < -0.4 is 10.6 Å². The first kappa shape index (κ1) is 28.3. The predicted molar refractivity (Wildman–Crippen MR) is 165 cm³/mol. The van der Waals surface area contributed by atoms with Crippen LogP contribution in [-0.4, -0.2) is 43.4 Å². The standard InChI is InChI=1S/C33H39N7O/c1-3-19-39(20-4-2)23-26-11-15-28(16-12-26)38-33(41)27-13-9-25(10-14-27)22-36-32(21-31-34-17-18-35-31)40-24-37-29-7-5-6-8-30(29)40/h5-18,24,32,36H,3-4,19-23H2,1-2H3,(H,34,35)(H,38,41). The highest BCUT2D eigenvalue weighted by Gasteiger charge is 2.16. The summed E-state index contributed by atoms with van der Waals surface area (Å²) in [6, 6.07) is 24.0. The number of aromatic nitrogens is 4. The van der Waals surface area contributed by atoms with Crippen LogP contribution in [0.15, 0.2) is 91.5 Å². The number of amides is 1. The number of H-pyrrole nitrogens is 1.